The van der Waals surface area contributed by atoms with Crippen molar-refractivity contribution >= 4 is 11.8 Å². The molecule has 1 heterocycles. The largest absolute Gasteiger partial charge is 0.465 e. The van der Waals surface area contributed by atoms with E-state index in [2.05, 4.69) is 11.4 Å². The first-order valence-electron chi connectivity index (χ1n) is 8.13. The van der Waals surface area contributed by atoms with Crippen molar-refractivity contribution in [1.82, 2.24) is 5.32 Å². The topological polar surface area (TPSA) is 52.6 Å². The Bertz CT molecular complexity index is 555. The van der Waals surface area contributed by atoms with Crippen molar-refractivity contribution in [2.24, 2.45) is 5.92 Å². The molecule has 0 saturated heterocycles. The van der Waals surface area contributed by atoms with Gasteiger partial charge in [0.05, 0.1) is 5.69 Å². The molecule has 4 heteroatoms. The van der Waals surface area contributed by atoms with Crippen LogP contribution < -0.4 is 10.2 Å². The van der Waals surface area contributed by atoms with Gasteiger partial charge >= 0.3 is 6.09 Å². The molecule has 112 valence electrons. The minimum atomic E-state index is -0.804. The number of hydrogen-bond acceptors (Lipinski definition) is 2. The number of anilines is 1. The summed E-state index contributed by atoms with van der Waals surface area (Å²) in [4.78, 5) is 13.4. The van der Waals surface area contributed by atoms with Gasteiger partial charge in [0.1, 0.15) is 0 Å². The number of fused-ring (bicyclic) bond motifs is 2. The van der Waals surface area contributed by atoms with Crippen LogP contribution in [0.1, 0.15) is 50.1 Å². The second-order valence-electron chi connectivity index (χ2n) is 6.65. The van der Waals surface area contributed by atoms with Crippen LogP contribution in [0, 0.1) is 5.92 Å². The van der Waals surface area contributed by atoms with Gasteiger partial charge in [-0.15, -0.1) is 0 Å². The zero-order chi connectivity index (χ0) is 14.4. The molecule has 3 aliphatic rings. The third-order valence-corrected chi connectivity index (χ3v) is 5.55. The Labute approximate surface area is 125 Å². The van der Waals surface area contributed by atoms with Gasteiger partial charge in [0.25, 0.3) is 0 Å². The summed E-state index contributed by atoms with van der Waals surface area (Å²) < 4.78 is 0. The molecule has 1 aliphatic heterocycles. The number of hydrogen-bond donors (Lipinski definition) is 2. The van der Waals surface area contributed by atoms with E-state index in [1.165, 1.54) is 24.8 Å². The minimum Gasteiger partial charge on any atom is -0.465 e. The van der Waals surface area contributed by atoms with Gasteiger partial charge in [-0.25, -0.2) is 4.79 Å². The van der Waals surface area contributed by atoms with Gasteiger partial charge in [-0.3, -0.25) is 4.90 Å². The van der Waals surface area contributed by atoms with E-state index in [1.54, 1.807) is 4.90 Å². The van der Waals surface area contributed by atoms with E-state index >= 15 is 0 Å². The van der Waals surface area contributed by atoms with E-state index in [-0.39, 0.29) is 6.04 Å². The first-order chi connectivity index (χ1) is 10.3. The molecule has 21 heavy (non-hydrogen) atoms. The summed E-state index contributed by atoms with van der Waals surface area (Å²) in [6.45, 7) is 0. The first kappa shape index (κ1) is 13.1. The lowest BCUT2D eigenvalue weighted by Crippen LogP contribution is -2.52. The molecule has 0 spiro atoms. The normalized spacial score (nSPS) is 31.4. The Hall–Kier alpha value is -1.55. The second kappa shape index (κ2) is 5.02. The second-order valence-corrected chi connectivity index (χ2v) is 6.65. The van der Waals surface area contributed by atoms with Gasteiger partial charge in [0, 0.05) is 18.1 Å². The van der Waals surface area contributed by atoms with E-state index < -0.39 is 6.09 Å². The van der Waals surface area contributed by atoms with Crippen LogP contribution in [-0.2, 0) is 0 Å². The first-order valence-corrected chi connectivity index (χ1v) is 8.13. The fourth-order valence-corrected chi connectivity index (χ4v) is 4.34. The maximum Gasteiger partial charge on any atom is 0.412 e. The lowest BCUT2D eigenvalue weighted by Gasteiger charge is -2.45. The molecule has 4 nitrogen and oxygen atoms in total. The van der Waals surface area contributed by atoms with Crippen LogP contribution in [0.15, 0.2) is 24.3 Å². The molecule has 2 saturated carbocycles. The summed E-state index contributed by atoms with van der Waals surface area (Å²) in [6.07, 6.45) is 6.30. The monoisotopic (exact) mass is 286 g/mol. The van der Waals surface area contributed by atoms with Crippen molar-refractivity contribution in [3.8, 4) is 0 Å². The highest BCUT2D eigenvalue weighted by Gasteiger charge is 2.46. The zero-order valence-corrected chi connectivity index (χ0v) is 12.2. The van der Waals surface area contributed by atoms with Gasteiger partial charge in [0.15, 0.2) is 0 Å². The molecule has 2 aliphatic carbocycles. The van der Waals surface area contributed by atoms with Crippen LogP contribution >= 0.6 is 0 Å². The SMILES string of the molecule is O=C(O)N1c2ccccc2C(NC2CCC2)[C@H]2CCC[C@H]21. The van der Waals surface area contributed by atoms with Crippen LogP contribution in [0.25, 0.3) is 0 Å². The highest BCUT2D eigenvalue weighted by Crippen LogP contribution is 2.48. The number of para-hydroxylation sites is 1. The highest BCUT2D eigenvalue weighted by atomic mass is 16.4. The molecule has 2 N–H and O–H groups in total. The number of benzene rings is 1. The average molecular weight is 286 g/mol. The molecule has 1 amide bonds. The van der Waals surface area contributed by atoms with E-state index in [0.717, 1.165) is 24.9 Å². The molecular formula is C17H22N2O2. The van der Waals surface area contributed by atoms with E-state index in [9.17, 15) is 9.90 Å². The molecule has 1 unspecified atom stereocenters. The predicted molar refractivity (Wildman–Crippen MR) is 81.6 cm³/mol. The van der Waals surface area contributed by atoms with Crippen molar-refractivity contribution in [3.05, 3.63) is 29.8 Å². The van der Waals surface area contributed by atoms with E-state index in [1.807, 2.05) is 18.2 Å². The Morgan fingerprint density at radius 2 is 1.90 bits per heavy atom. The summed E-state index contributed by atoms with van der Waals surface area (Å²) in [7, 11) is 0. The lowest BCUT2D eigenvalue weighted by molar-refractivity contribution is 0.187. The summed E-state index contributed by atoms with van der Waals surface area (Å²) in [5, 5.41) is 13.5. The summed E-state index contributed by atoms with van der Waals surface area (Å²) >= 11 is 0. The molecule has 0 bridgehead atoms. The third kappa shape index (κ3) is 2.04. The molecule has 4 rings (SSSR count). The number of amides is 1. The van der Waals surface area contributed by atoms with Gasteiger partial charge in [-0.05, 0) is 43.2 Å². The Balaban J connectivity index is 1.75. The number of nitrogens with one attached hydrogen (secondary N) is 1. The Morgan fingerprint density at radius 3 is 2.62 bits per heavy atom. The van der Waals surface area contributed by atoms with Crippen molar-refractivity contribution in [3.63, 3.8) is 0 Å². The van der Waals surface area contributed by atoms with Crippen molar-refractivity contribution in [2.45, 2.75) is 56.7 Å². The van der Waals surface area contributed by atoms with Crippen LogP contribution in [0.4, 0.5) is 10.5 Å². The standard InChI is InChI=1S/C17H22N2O2/c20-17(21)19-14-9-2-1-7-12(14)16(18-11-5-3-6-11)13-8-4-10-15(13)19/h1-2,7,9,11,13,15-16,18H,3-6,8,10H2,(H,20,21)/t13-,15+,16?/m0/s1. The van der Waals surface area contributed by atoms with Crippen molar-refractivity contribution in [1.29, 1.82) is 0 Å². The number of carbonyl (C=O) groups is 1. The van der Waals surface area contributed by atoms with Gasteiger partial charge in [-0.1, -0.05) is 31.0 Å². The fraction of sp³-hybridized carbons (Fsp3) is 0.588. The summed E-state index contributed by atoms with van der Waals surface area (Å²) in [5.41, 5.74) is 2.07. The molecular weight excluding hydrogens is 264 g/mol. The van der Waals surface area contributed by atoms with Crippen LogP contribution in [0.5, 0.6) is 0 Å². The Kier molecular flexibility index (Phi) is 3.14. The molecule has 1 aromatic rings. The summed E-state index contributed by atoms with van der Waals surface area (Å²) in [5.74, 6) is 0.427. The summed E-state index contributed by atoms with van der Waals surface area (Å²) in [6, 6.07) is 9.16. The fourth-order valence-electron chi connectivity index (χ4n) is 4.34. The number of carboxylic acid groups (broad SMARTS) is 1. The average Bonchev–Trinajstić information content (AvgIpc) is 2.89. The van der Waals surface area contributed by atoms with E-state index in [4.69, 9.17) is 0 Å². The van der Waals surface area contributed by atoms with E-state index in [0.29, 0.717) is 18.0 Å². The maximum atomic E-state index is 11.8. The van der Waals surface area contributed by atoms with Gasteiger partial charge in [-0.2, -0.15) is 0 Å². The number of nitrogens with zero attached hydrogens (tertiary/aromatic N) is 1. The smallest absolute Gasteiger partial charge is 0.412 e. The third-order valence-electron chi connectivity index (χ3n) is 5.55. The maximum absolute atomic E-state index is 11.8. The predicted octanol–water partition coefficient (Wildman–Crippen LogP) is 3.54. The molecule has 3 atom stereocenters. The molecule has 1 aromatic carbocycles. The zero-order valence-electron chi connectivity index (χ0n) is 12.2. The quantitative estimate of drug-likeness (QED) is 0.874. The highest BCUT2D eigenvalue weighted by molar-refractivity contribution is 5.89. The minimum absolute atomic E-state index is 0.148. The van der Waals surface area contributed by atoms with Crippen LogP contribution in [0.3, 0.4) is 0 Å². The van der Waals surface area contributed by atoms with Gasteiger partial charge in [0.2, 0.25) is 0 Å². The van der Waals surface area contributed by atoms with Gasteiger partial charge < -0.3 is 10.4 Å². The molecule has 0 radical (unpaired) electrons. The van der Waals surface area contributed by atoms with Crippen LogP contribution in [0.2, 0.25) is 0 Å². The van der Waals surface area contributed by atoms with Crippen molar-refractivity contribution < 1.29 is 9.90 Å². The number of rotatable bonds is 2. The Morgan fingerprint density at radius 1 is 1.14 bits per heavy atom. The van der Waals surface area contributed by atoms with Crippen molar-refractivity contribution in [2.75, 3.05) is 4.90 Å². The van der Waals surface area contributed by atoms with Crippen LogP contribution in [-0.4, -0.2) is 23.3 Å². The molecule has 2 fully saturated rings. The molecule has 0 aromatic heterocycles. The lowest BCUT2D eigenvalue weighted by atomic mass is 9.81.